The molecule has 0 bridgehead atoms. The van der Waals surface area contributed by atoms with Crippen LogP contribution in [0.2, 0.25) is 0 Å². The molecule has 0 heterocycles. The predicted octanol–water partition coefficient (Wildman–Crippen LogP) is 4.84. The summed E-state index contributed by atoms with van der Waals surface area (Å²) < 4.78 is 33.3. The molecule has 3 aromatic carbocycles. The highest BCUT2D eigenvalue weighted by molar-refractivity contribution is 7.89. The molecule has 32 heavy (non-hydrogen) atoms. The summed E-state index contributed by atoms with van der Waals surface area (Å²) in [6.07, 6.45) is 0.936. The lowest BCUT2D eigenvalue weighted by Gasteiger charge is -2.11. The molecule has 0 aliphatic rings. The van der Waals surface area contributed by atoms with Gasteiger partial charge in [-0.15, -0.1) is 0 Å². The highest BCUT2D eigenvalue weighted by Crippen LogP contribution is 2.18. The number of carbonyl (C=O) groups excluding carboxylic acids is 1. The minimum absolute atomic E-state index is 0.131. The topological polar surface area (TPSA) is 84.5 Å². The van der Waals surface area contributed by atoms with E-state index in [2.05, 4.69) is 23.9 Å². The van der Waals surface area contributed by atoms with E-state index < -0.39 is 10.0 Å². The molecule has 0 atom stereocenters. The van der Waals surface area contributed by atoms with E-state index >= 15 is 0 Å². The van der Waals surface area contributed by atoms with Crippen molar-refractivity contribution in [3.05, 3.63) is 90.0 Å². The molecule has 2 N–H and O–H groups in total. The molecule has 0 radical (unpaired) electrons. The first-order chi connectivity index (χ1) is 15.3. The predicted molar refractivity (Wildman–Crippen MR) is 126 cm³/mol. The average molecular weight is 453 g/mol. The fourth-order valence-corrected chi connectivity index (χ4v) is 3.94. The van der Waals surface area contributed by atoms with Crippen LogP contribution in [0.1, 0.15) is 36.2 Å². The molecule has 0 saturated heterocycles. The van der Waals surface area contributed by atoms with Crippen molar-refractivity contribution >= 4 is 21.6 Å². The van der Waals surface area contributed by atoms with Crippen molar-refractivity contribution in [2.75, 3.05) is 11.9 Å². The maximum Gasteiger partial charge on any atom is 0.255 e. The van der Waals surface area contributed by atoms with Crippen LogP contribution in [0.5, 0.6) is 5.75 Å². The van der Waals surface area contributed by atoms with Crippen molar-refractivity contribution in [1.29, 1.82) is 0 Å². The van der Waals surface area contributed by atoms with Crippen molar-refractivity contribution in [2.24, 2.45) is 5.92 Å². The number of carbonyl (C=O) groups is 1. The first-order valence-corrected chi connectivity index (χ1v) is 12.0. The molecule has 3 rings (SSSR count). The van der Waals surface area contributed by atoms with Gasteiger partial charge in [-0.2, -0.15) is 0 Å². The summed E-state index contributed by atoms with van der Waals surface area (Å²) in [5.74, 6) is 0.892. The zero-order valence-electron chi connectivity index (χ0n) is 18.2. The lowest BCUT2D eigenvalue weighted by Crippen LogP contribution is -2.23. The Morgan fingerprint density at radius 1 is 0.938 bits per heavy atom. The van der Waals surface area contributed by atoms with E-state index in [9.17, 15) is 13.2 Å². The lowest BCUT2D eigenvalue weighted by molar-refractivity contribution is 0.102. The normalized spacial score (nSPS) is 11.3. The van der Waals surface area contributed by atoms with Crippen LogP contribution in [0.4, 0.5) is 5.69 Å². The Morgan fingerprint density at radius 3 is 2.34 bits per heavy atom. The average Bonchev–Trinajstić information content (AvgIpc) is 2.79. The summed E-state index contributed by atoms with van der Waals surface area (Å²) >= 11 is 0. The van der Waals surface area contributed by atoms with Crippen molar-refractivity contribution in [1.82, 2.24) is 4.72 Å². The van der Waals surface area contributed by atoms with Crippen LogP contribution in [0.3, 0.4) is 0 Å². The van der Waals surface area contributed by atoms with Gasteiger partial charge in [0.05, 0.1) is 11.5 Å². The molecule has 6 nitrogen and oxygen atoms in total. The molecule has 0 aliphatic heterocycles. The highest BCUT2D eigenvalue weighted by Gasteiger charge is 2.14. The summed E-state index contributed by atoms with van der Waals surface area (Å²) in [4.78, 5) is 12.7. The van der Waals surface area contributed by atoms with Crippen molar-refractivity contribution < 1.29 is 17.9 Å². The molecule has 7 heteroatoms. The first-order valence-electron chi connectivity index (χ1n) is 10.5. The van der Waals surface area contributed by atoms with Gasteiger partial charge >= 0.3 is 0 Å². The molecule has 0 aliphatic carbocycles. The molecule has 1 amide bonds. The Labute approximate surface area is 189 Å². The largest absolute Gasteiger partial charge is 0.494 e. The van der Waals surface area contributed by atoms with Crippen LogP contribution in [0, 0.1) is 5.92 Å². The number of benzene rings is 3. The third kappa shape index (κ3) is 6.93. The number of hydrogen-bond acceptors (Lipinski definition) is 4. The van der Waals surface area contributed by atoms with Gasteiger partial charge in [-0.1, -0.05) is 50.2 Å². The van der Waals surface area contributed by atoms with Crippen LogP contribution < -0.4 is 14.8 Å². The number of anilines is 1. The number of nitrogens with one attached hydrogen (secondary N) is 2. The molecular weight excluding hydrogens is 424 g/mol. The van der Waals surface area contributed by atoms with E-state index in [1.54, 1.807) is 30.3 Å². The minimum Gasteiger partial charge on any atom is -0.494 e. The van der Waals surface area contributed by atoms with Crippen molar-refractivity contribution in [2.45, 2.75) is 31.7 Å². The highest BCUT2D eigenvalue weighted by atomic mass is 32.2. The van der Waals surface area contributed by atoms with Gasteiger partial charge in [-0.05, 0) is 60.4 Å². The van der Waals surface area contributed by atoms with Gasteiger partial charge in [0.15, 0.2) is 0 Å². The second-order valence-electron chi connectivity index (χ2n) is 7.85. The lowest BCUT2D eigenvalue weighted by atomic mass is 10.1. The van der Waals surface area contributed by atoms with E-state index in [0.29, 0.717) is 29.5 Å². The number of ether oxygens (including phenoxy) is 1. The molecule has 0 unspecified atom stereocenters. The molecule has 0 spiro atoms. The van der Waals surface area contributed by atoms with E-state index in [1.165, 1.54) is 12.1 Å². The maximum absolute atomic E-state index is 12.6. The monoisotopic (exact) mass is 452 g/mol. The van der Waals surface area contributed by atoms with Gasteiger partial charge in [-0.3, -0.25) is 4.79 Å². The Hall–Kier alpha value is -3.16. The molecular formula is C25H28N2O4S. The van der Waals surface area contributed by atoms with E-state index in [-0.39, 0.29) is 17.3 Å². The fraction of sp³-hybridized carbons (Fsp3) is 0.240. The zero-order valence-corrected chi connectivity index (χ0v) is 19.1. The number of hydrogen-bond donors (Lipinski definition) is 2. The Balaban J connectivity index is 1.59. The van der Waals surface area contributed by atoms with Gasteiger partial charge in [0.2, 0.25) is 10.0 Å². The number of amides is 1. The quantitative estimate of drug-likeness (QED) is 0.461. The summed E-state index contributed by atoms with van der Waals surface area (Å²) in [5, 5.41) is 2.79. The van der Waals surface area contributed by atoms with Gasteiger partial charge in [0.25, 0.3) is 5.91 Å². The fourth-order valence-electron chi connectivity index (χ4n) is 2.92. The first kappa shape index (κ1) is 23.5. The van der Waals surface area contributed by atoms with Crippen LogP contribution in [-0.4, -0.2) is 20.9 Å². The van der Waals surface area contributed by atoms with Gasteiger partial charge in [-0.25, -0.2) is 13.1 Å². The van der Waals surface area contributed by atoms with Crippen LogP contribution >= 0.6 is 0 Å². The van der Waals surface area contributed by atoms with Gasteiger partial charge in [0, 0.05) is 17.8 Å². The maximum atomic E-state index is 12.6. The molecule has 168 valence electrons. The van der Waals surface area contributed by atoms with Crippen LogP contribution in [0.25, 0.3) is 0 Å². The van der Waals surface area contributed by atoms with Crippen molar-refractivity contribution in [3.8, 4) is 5.75 Å². The number of rotatable bonds is 10. The Kier molecular flexibility index (Phi) is 8.03. The standard InChI is InChI=1S/C25H28N2O4S/c1-19(2)15-16-31-23-10-6-9-21(17-23)25(28)27-22-11-13-24(14-12-22)32(29,30)26-18-20-7-4-3-5-8-20/h3-14,17,19,26H,15-16,18H2,1-2H3,(H,27,28). The SMILES string of the molecule is CC(C)CCOc1cccc(C(=O)Nc2ccc(S(=O)(=O)NCc3ccccc3)cc2)c1. The van der Waals surface area contributed by atoms with E-state index in [0.717, 1.165) is 12.0 Å². The summed E-state index contributed by atoms with van der Waals surface area (Å²) in [6, 6.07) is 22.4. The molecule has 0 saturated carbocycles. The number of sulfonamides is 1. The molecule has 0 aromatic heterocycles. The smallest absolute Gasteiger partial charge is 0.255 e. The summed E-state index contributed by atoms with van der Waals surface area (Å²) in [7, 11) is -3.66. The second-order valence-corrected chi connectivity index (χ2v) is 9.61. The summed E-state index contributed by atoms with van der Waals surface area (Å²) in [6.45, 7) is 5.06. The Bertz CT molecular complexity index is 1130. The third-order valence-corrected chi connectivity index (χ3v) is 6.21. The summed E-state index contributed by atoms with van der Waals surface area (Å²) in [5.41, 5.74) is 1.84. The molecule has 0 fully saturated rings. The second kappa shape index (κ2) is 10.9. The third-order valence-electron chi connectivity index (χ3n) is 4.79. The van der Waals surface area contributed by atoms with Gasteiger partial charge < -0.3 is 10.1 Å². The van der Waals surface area contributed by atoms with Crippen molar-refractivity contribution in [3.63, 3.8) is 0 Å². The van der Waals surface area contributed by atoms with Crippen LogP contribution in [0.15, 0.2) is 83.8 Å². The van der Waals surface area contributed by atoms with E-state index in [4.69, 9.17) is 4.74 Å². The van der Waals surface area contributed by atoms with Gasteiger partial charge in [0.1, 0.15) is 5.75 Å². The molecule has 3 aromatic rings. The van der Waals surface area contributed by atoms with E-state index in [1.807, 2.05) is 36.4 Å². The minimum atomic E-state index is -3.66. The van der Waals surface area contributed by atoms with Crippen LogP contribution in [-0.2, 0) is 16.6 Å². The zero-order chi connectivity index (χ0) is 23.0. The Morgan fingerprint density at radius 2 is 1.66 bits per heavy atom.